The summed E-state index contributed by atoms with van der Waals surface area (Å²) in [6.07, 6.45) is 4.06. The summed E-state index contributed by atoms with van der Waals surface area (Å²) in [6, 6.07) is 22.5. The molecular formula is C24H24N4O3. The monoisotopic (exact) mass is 416 g/mol. The van der Waals surface area contributed by atoms with Gasteiger partial charge in [0.05, 0.1) is 5.69 Å². The summed E-state index contributed by atoms with van der Waals surface area (Å²) in [5, 5.41) is 12.6. The van der Waals surface area contributed by atoms with Crippen LogP contribution >= 0.6 is 0 Å². The maximum atomic E-state index is 9.79. The molecule has 0 saturated carbocycles. The molecule has 4 aromatic rings. The van der Waals surface area contributed by atoms with Gasteiger partial charge in [0.25, 0.3) is 0 Å². The number of benzene rings is 2. The van der Waals surface area contributed by atoms with Gasteiger partial charge >= 0.3 is 6.16 Å². The molecule has 0 saturated heterocycles. The normalized spacial score (nSPS) is 10.7. The fourth-order valence-electron chi connectivity index (χ4n) is 2.72. The van der Waals surface area contributed by atoms with E-state index in [0.29, 0.717) is 5.95 Å². The van der Waals surface area contributed by atoms with E-state index in [-0.39, 0.29) is 0 Å². The van der Waals surface area contributed by atoms with Crippen LogP contribution in [-0.4, -0.2) is 36.6 Å². The number of ether oxygens (including phenoxy) is 1. The topological polar surface area (TPSA) is 90.1 Å². The molecule has 4 rings (SSSR count). The molecule has 0 radical (unpaired) electrons. The number of carboxylic acid groups (broad SMARTS) is 1. The lowest BCUT2D eigenvalue weighted by Gasteiger charge is -2.15. The van der Waals surface area contributed by atoms with Gasteiger partial charge in [0.15, 0.2) is 0 Å². The van der Waals surface area contributed by atoms with E-state index in [1.807, 2.05) is 30.5 Å². The van der Waals surface area contributed by atoms with E-state index in [2.05, 4.69) is 56.2 Å². The van der Waals surface area contributed by atoms with Crippen molar-refractivity contribution in [3.8, 4) is 28.3 Å². The summed E-state index contributed by atoms with van der Waals surface area (Å²) < 4.78 is 6.04. The smallest absolute Gasteiger partial charge is 0.450 e. The van der Waals surface area contributed by atoms with Crippen molar-refractivity contribution in [3.05, 3.63) is 85.3 Å². The molecule has 7 nitrogen and oxygen atoms in total. The third-order valence-electron chi connectivity index (χ3n) is 4.03. The van der Waals surface area contributed by atoms with Crippen molar-refractivity contribution in [3.63, 3.8) is 0 Å². The Hall–Kier alpha value is -4.00. The van der Waals surface area contributed by atoms with E-state index < -0.39 is 11.8 Å². The molecule has 0 aliphatic heterocycles. The highest BCUT2D eigenvalue weighted by atomic mass is 16.7. The van der Waals surface area contributed by atoms with Crippen LogP contribution in [0, 0.1) is 0 Å². The van der Waals surface area contributed by atoms with Gasteiger partial charge in [-0.25, -0.2) is 19.4 Å². The van der Waals surface area contributed by atoms with Crippen LogP contribution in [0.3, 0.4) is 0 Å². The minimum Gasteiger partial charge on any atom is -0.450 e. The van der Waals surface area contributed by atoms with Gasteiger partial charge in [0, 0.05) is 24.2 Å². The Labute approximate surface area is 181 Å². The first-order chi connectivity index (χ1) is 14.8. The fourth-order valence-corrected chi connectivity index (χ4v) is 2.72. The van der Waals surface area contributed by atoms with Crippen LogP contribution in [0.4, 0.5) is 4.79 Å². The molecule has 2 aromatic carbocycles. The number of carbonyl (C=O) groups is 1. The Morgan fingerprint density at radius 2 is 1.42 bits per heavy atom. The summed E-state index contributed by atoms with van der Waals surface area (Å²) in [5.74, 6) is 0.569. The van der Waals surface area contributed by atoms with Crippen molar-refractivity contribution in [1.82, 2.24) is 19.7 Å². The minimum absolute atomic E-state index is 0.569. The third-order valence-corrected chi connectivity index (χ3v) is 4.03. The van der Waals surface area contributed by atoms with E-state index in [9.17, 15) is 4.79 Å². The molecule has 2 heterocycles. The van der Waals surface area contributed by atoms with Crippen LogP contribution in [0.25, 0.3) is 28.3 Å². The lowest BCUT2D eigenvalue weighted by molar-refractivity contribution is 0.0150. The van der Waals surface area contributed by atoms with Crippen molar-refractivity contribution < 1.29 is 14.6 Å². The van der Waals surface area contributed by atoms with Crippen LogP contribution in [0.15, 0.2) is 85.3 Å². The zero-order valence-corrected chi connectivity index (χ0v) is 17.6. The van der Waals surface area contributed by atoms with Crippen molar-refractivity contribution in [2.24, 2.45) is 0 Å². The third kappa shape index (κ3) is 6.50. The van der Waals surface area contributed by atoms with Crippen LogP contribution in [-0.2, 0) is 4.74 Å². The second-order valence-electron chi connectivity index (χ2n) is 7.62. The van der Waals surface area contributed by atoms with E-state index in [1.54, 1.807) is 43.9 Å². The van der Waals surface area contributed by atoms with Crippen molar-refractivity contribution in [1.29, 1.82) is 0 Å². The maximum Gasteiger partial charge on any atom is 0.506 e. The molecule has 0 amide bonds. The Bertz CT molecular complexity index is 1100. The molecule has 31 heavy (non-hydrogen) atoms. The second kappa shape index (κ2) is 9.67. The molecule has 0 aliphatic rings. The van der Waals surface area contributed by atoms with Crippen molar-refractivity contribution in [2.75, 3.05) is 0 Å². The number of hydrogen-bond acceptors (Lipinski definition) is 5. The van der Waals surface area contributed by atoms with Gasteiger partial charge in [0.2, 0.25) is 5.95 Å². The average molecular weight is 416 g/mol. The Balaban J connectivity index is 0.000000293. The lowest BCUT2D eigenvalue weighted by Crippen LogP contribution is -2.22. The van der Waals surface area contributed by atoms with E-state index in [4.69, 9.17) is 5.11 Å². The molecule has 0 bridgehead atoms. The Morgan fingerprint density at radius 3 is 1.97 bits per heavy atom. The molecule has 1 N–H and O–H groups in total. The minimum atomic E-state index is -1.22. The first kappa shape index (κ1) is 21.7. The predicted octanol–water partition coefficient (Wildman–Crippen LogP) is 5.48. The predicted molar refractivity (Wildman–Crippen MR) is 119 cm³/mol. The molecule has 7 heteroatoms. The number of aromatic nitrogens is 4. The summed E-state index contributed by atoms with van der Waals surface area (Å²) in [5.41, 5.74) is 3.80. The van der Waals surface area contributed by atoms with E-state index in [0.717, 1.165) is 11.3 Å². The van der Waals surface area contributed by atoms with Gasteiger partial charge in [-0.2, -0.15) is 5.10 Å². The highest BCUT2D eigenvalue weighted by Crippen LogP contribution is 2.24. The maximum absolute atomic E-state index is 9.79. The number of nitrogens with zero attached hydrogens (tertiary/aromatic N) is 4. The molecule has 0 fully saturated rings. The standard InChI is InChI=1S/C19H14N4.C5H10O3/c1-2-5-15(6-3-1)16-7-9-17(10-8-16)18-11-14-23(22-18)19-20-12-4-13-21-19;1-5(2,3)8-4(6)7/h1-14H;1-3H3,(H,6,7). The molecule has 2 aromatic heterocycles. The van der Waals surface area contributed by atoms with Crippen LogP contribution in [0.2, 0.25) is 0 Å². The molecule has 0 atom stereocenters. The van der Waals surface area contributed by atoms with Gasteiger partial charge < -0.3 is 9.84 Å². The van der Waals surface area contributed by atoms with E-state index in [1.165, 1.54) is 11.1 Å². The largest absolute Gasteiger partial charge is 0.506 e. The SMILES string of the molecule is CC(C)(C)OC(=O)O.c1ccc(-c2ccc(-c3ccn(-c4ncccn4)n3)cc2)cc1. The number of hydrogen-bond donors (Lipinski definition) is 1. The highest BCUT2D eigenvalue weighted by molar-refractivity contribution is 5.68. The molecule has 0 aliphatic carbocycles. The Kier molecular flexibility index (Phi) is 6.77. The van der Waals surface area contributed by atoms with Gasteiger partial charge in [0.1, 0.15) is 5.60 Å². The fraction of sp³-hybridized carbons (Fsp3) is 0.167. The summed E-state index contributed by atoms with van der Waals surface area (Å²) in [6.45, 7) is 5.04. The summed E-state index contributed by atoms with van der Waals surface area (Å²) >= 11 is 0. The average Bonchev–Trinajstić information content (AvgIpc) is 3.24. The first-order valence-electron chi connectivity index (χ1n) is 9.73. The molecular weight excluding hydrogens is 392 g/mol. The quantitative estimate of drug-likeness (QED) is 0.445. The molecule has 0 unspecified atom stereocenters. The van der Waals surface area contributed by atoms with E-state index >= 15 is 0 Å². The summed E-state index contributed by atoms with van der Waals surface area (Å²) in [4.78, 5) is 18.2. The van der Waals surface area contributed by atoms with Gasteiger partial charge in [-0.05, 0) is 44.0 Å². The van der Waals surface area contributed by atoms with Gasteiger partial charge in [-0.1, -0.05) is 54.6 Å². The van der Waals surface area contributed by atoms with Crippen LogP contribution in [0.5, 0.6) is 0 Å². The zero-order valence-electron chi connectivity index (χ0n) is 17.6. The van der Waals surface area contributed by atoms with Crippen molar-refractivity contribution in [2.45, 2.75) is 26.4 Å². The lowest BCUT2D eigenvalue weighted by atomic mass is 10.0. The van der Waals surface area contributed by atoms with Crippen LogP contribution in [0.1, 0.15) is 20.8 Å². The van der Waals surface area contributed by atoms with Gasteiger partial charge in [-0.3, -0.25) is 0 Å². The van der Waals surface area contributed by atoms with Crippen LogP contribution < -0.4 is 0 Å². The number of rotatable bonds is 3. The van der Waals surface area contributed by atoms with Gasteiger partial charge in [-0.15, -0.1) is 0 Å². The molecule has 0 spiro atoms. The Morgan fingerprint density at radius 1 is 0.839 bits per heavy atom. The second-order valence-corrected chi connectivity index (χ2v) is 7.62. The molecule has 158 valence electrons. The first-order valence-corrected chi connectivity index (χ1v) is 9.73. The zero-order chi connectivity index (χ0) is 22.3. The summed E-state index contributed by atoms with van der Waals surface area (Å²) in [7, 11) is 0. The highest BCUT2D eigenvalue weighted by Gasteiger charge is 2.14. The van der Waals surface area contributed by atoms with Crippen molar-refractivity contribution >= 4 is 6.16 Å².